The molecule has 0 unspecified atom stereocenters. The molecule has 96 valence electrons. The van der Waals surface area contributed by atoms with Crippen LogP contribution in [-0.4, -0.2) is 16.4 Å². The molecule has 1 aliphatic rings. The number of pyridine rings is 1. The van der Waals surface area contributed by atoms with Crippen molar-refractivity contribution in [2.75, 3.05) is 6.54 Å². The molecule has 1 aromatic heterocycles. The van der Waals surface area contributed by atoms with Crippen LogP contribution in [0.3, 0.4) is 0 Å². The van der Waals surface area contributed by atoms with E-state index in [1.54, 1.807) is 12.4 Å². The third-order valence-corrected chi connectivity index (χ3v) is 2.68. The van der Waals surface area contributed by atoms with Crippen LogP contribution in [0.1, 0.15) is 5.56 Å². The first-order chi connectivity index (χ1) is 9.45. The van der Waals surface area contributed by atoms with E-state index in [0.717, 1.165) is 13.1 Å². The van der Waals surface area contributed by atoms with Crippen molar-refractivity contribution in [3.8, 4) is 0 Å². The Morgan fingerprint density at radius 2 is 1.63 bits per heavy atom. The molecule has 0 amide bonds. The Morgan fingerprint density at radius 1 is 0.895 bits per heavy atom. The summed E-state index contributed by atoms with van der Waals surface area (Å²) in [6, 6.07) is 16.2. The van der Waals surface area contributed by atoms with Crippen LogP contribution in [0.2, 0.25) is 0 Å². The Kier molecular flexibility index (Phi) is 5.43. The van der Waals surface area contributed by atoms with Crippen molar-refractivity contribution in [1.29, 1.82) is 0 Å². The second kappa shape index (κ2) is 7.88. The third kappa shape index (κ3) is 5.21. The van der Waals surface area contributed by atoms with Crippen molar-refractivity contribution >= 4 is 0 Å². The van der Waals surface area contributed by atoms with Crippen LogP contribution in [0.5, 0.6) is 0 Å². The van der Waals surface area contributed by atoms with Gasteiger partial charge in [0.15, 0.2) is 0 Å². The molecule has 19 heavy (non-hydrogen) atoms. The molecule has 0 atom stereocenters. The van der Waals surface area contributed by atoms with E-state index in [1.807, 2.05) is 18.2 Å². The van der Waals surface area contributed by atoms with Gasteiger partial charge in [0.05, 0.1) is 0 Å². The maximum Gasteiger partial charge on any atom is 0.0427 e. The lowest BCUT2D eigenvalue weighted by atomic mass is 10.2. The van der Waals surface area contributed by atoms with E-state index in [2.05, 4.69) is 64.6 Å². The molecule has 0 saturated heterocycles. The smallest absolute Gasteiger partial charge is 0.0427 e. The molecule has 2 heteroatoms. The maximum absolute atomic E-state index is 3.78. The lowest BCUT2D eigenvalue weighted by Gasteiger charge is -2.20. The SMILES string of the molecule is C1=CCN(Cc2ccccc2)C=C1.c1ccncc1. The standard InChI is InChI=1S/C12H13N.C5H5N/c1-3-7-12(8-4-1)11-13-9-5-2-6-10-13;1-2-4-6-5-3-1/h1-9H,10-11H2;1-5H. The van der Waals surface area contributed by atoms with E-state index in [1.165, 1.54) is 5.56 Å². The second-order valence-corrected chi connectivity index (χ2v) is 4.21. The fourth-order valence-corrected chi connectivity index (χ4v) is 1.75. The van der Waals surface area contributed by atoms with Crippen LogP contribution in [0.25, 0.3) is 0 Å². The molecule has 1 aromatic carbocycles. The zero-order chi connectivity index (χ0) is 13.2. The van der Waals surface area contributed by atoms with Crippen molar-refractivity contribution in [3.63, 3.8) is 0 Å². The summed E-state index contributed by atoms with van der Waals surface area (Å²) in [5.41, 5.74) is 1.36. The van der Waals surface area contributed by atoms with Gasteiger partial charge < -0.3 is 4.90 Å². The molecule has 2 nitrogen and oxygen atoms in total. The van der Waals surface area contributed by atoms with Crippen molar-refractivity contribution in [2.24, 2.45) is 0 Å². The van der Waals surface area contributed by atoms with E-state index < -0.39 is 0 Å². The van der Waals surface area contributed by atoms with Crippen molar-refractivity contribution in [1.82, 2.24) is 9.88 Å². The number of benzene rings is 1. The fraction of sp³-hybridized carbons (Fsp3) is 0.118. The summed E-state index contributed by atoms with van der Waals surface area (Å²) in [5.74, 6) is 0. The minimum atomic E-state index is 1.00. The topological polar surface area (TPSA) is 16.1 Å². The molecule has 3 rings (SSSR count). The second-order valence-electron chi connectivity index (χ2n) is 4.21. The monoisotopic (exact) mass is 250 g/mol. The summed E-state index contributed by atoms with van der Waals surface area (Å²) in [7, 11) is 0. The van der Waals surface area contributed by atoms with E-state index in [-0.39, 0.29) is 0 Å². The van der Waals surface area contributed by atoms with Gasteiger partial charge in [0.25, 0.3) is 0 Å². The van der Waals surface area contributed by atoms with Crippen LogP contribution in [-0.2, 0) is 6.54 Å². The number of hydrogen-bond donors (Lipinski definition) is 0. The van der Waals surface area contributed by atoms with Gasteiger partial charge in [0.1, 0.15) is 0 Å². The van der Waals surface area contributed by atoms with Crippen molar-refractivity contribution in [3.05, 3.63) is 90.9 Å². The zero-order valence-electron chi connectivity index (χ0n) is 10.9. The molecule has 1 aliphatic heterocycles. The molecule has 0 radical (unpaired) electrons. The van der Waals surface area contributed by atoms with E-state index in [0.29, 0.717) is 0 Å². The summed E-state index contributed by atoms with van der Waals surface area (Å²) in [6.45, 7) is 2.02. The highest BCUT2D eigenvalue weighted by Gasteiger charge is 1.99. The van der Waals surface area contributed by atoms with Gasteiger partial charge in [-0.15, -0.1) is 0 Å². The Bertz CT molecular complexity index is 477. The number of rotatable bonds is 2. The van der Waals surface area contributed by atoms with Gasteiger partial charge in [-0.25, -0.2) is 0 Å². The van der Waals surface area contributed by atoms with Gasteiger partial charge in [-0.1, -0.05) is 48.6 Å². The lowest BCUT2D eigenvalue weighted by Crippen LogP contribution is -2.17. The molecule has 0 N–H and O–H groups in total. The first-order valence-corrected chi connectivity index (χ1v) is 6.41. The minimum absolute atomic E-state index is 1.00. The first-order valence-electron chi connectivity index (χ1n) is 6.41. The molecule has 0 fully saturated rings. The number of allylic oxidation sites excluding steroid dienone is 2. The van der Waals surface area contributed by atoms with Gasteiger partial charge in [-0.05, 0) is 30.0 Å². The molecular weight excluding hydrogens is 232 g/mol. The predicted octanol–water partition coefficient (Wildman–Crippen LogP) is 3.65. The number of nitrogens with zero attached hydrogens (tertiary/aromatic N) is 2. The highest BCUT2D eigenvalue weighted by Crippen LogP contribution is 2.06. The zero-order valence-corrected chi connectivity index (χ0v) is 10.9. The fourth-order valence-electron chi connectivity index (χ4n) is 1.75. The quantitative estimate of drug-likeness (QED) is 0.808. The summed E-state index contributed by atoms with van der Waals surface area (Å²) < 4.78 is 0. The summed E-state index contributed by atoms with van der Waals surface area (Å²) in [4.78, 5) is 6.07. The van der Waals surface area contributed by atoms with Gasteiger partial charge in [-0.3, -0.25) is 4.98 Å². The molecule has 0 spiro atoms. The summed E-state index contributed by atoms with van der Waals surface area (Å²) >= 11 is 0. The Hall–Kier alpha value is -2.35. The van der Waals surface area contributed by atoms with Gasteiger partial charge in [0.2, 0.25) is 0 Å². The Balaban J connectivity index is 0.000000186. The van der Waals surface area contributed by atoms with Gasteiger partial charge >= 0.3 is 0 Å². The van der Waals surface area contributed by atoms with Gasteiger partial charge in [0, 0.05) is 25.5 Å². The van der Waals surface area contributed by atoms with Crippen LogP contribution < -0.4 is 0 Å². The number of aromatic nitrogens is 1. The third-order valence-electron chi connectivity index (χ3n) is 2.68. The molecular formula is C17H18N2. The minimum Gasteiger partial charge on any atom is -0.369 e. The Labute approximate surface area is 114 Å². The molecule has 0 saturated carbocycles. The van der Waals surface area contributed by atoms with Crippen LogP contribution in [0.4, 0.5) is 0 Å². The predicted molar refractivity (Wildman–Crippen MR) is 79.4 cm³/mol. The summed E-state index contributed by atoms with van der Waals surface area (Å²) in [6.07, 6.45) is 12.0. The molecule has 0 bridgehead atoms. The molecule has 2 aromatic rings. The average Bonchev–Trinajstić information content (AvgIpc) is 2.52. The van der Waals surface area contributed by atoms with Crippen molar-refractivity contribution < 1.29 is 0 Å². The van der Waals surface area contributed by atoms with Crippen LogP contribution in [0, 0.1) is 0 Å². The van der Waals surface area contributed by atoms with E-state index >= 15 is 0 Å². The lowest BCUT2D eigenvalue weighted by molar-refractivity contribution is 0.405. The number of hydrogen-bond acceptors (Lipinski definition) is 2. The van der Waals surface area contributed by atoms with Crippen LogP contribution in [0.15, 0.2) is 85.4 Å². The van der Waals surface area contributed by atoms with E-state index in [4.69, 9.17) is 0 Å². The normalized spacial score (nSPS) is 12.7. The average molecular weight is 250 g/mol. The molecule has 0 aliphatic carbocycles. The first kappa shape index (κ1) is 13.1. The largest absolute Gasteiger partial charge is 0.369 e. The highest BCUT2D eigenvalue weighted by atomic mass is 15.1. The van der Waals surface area contributed by atoms with Gasteiger partial charge in [-0.2, -0.15) is 0 Å². The maximum atomic E-state index is 3.78. The highest BCUT2D eigenvalue weighted by molar-refractivity contribution is 5.16. The molecule has 2 heterocycles. The van der Waals surface area contributed by atoms with E-state index in [9.17, 15) is 0 Å². The van der Waals surface area contributed by atoms with Crippen LogP contribution >= 0.6 is 0 Å². The Morgan fingerprint density at radius 3 is 2.16 bits per heavy atom. The van der Waals surface area contributed by atoms with Crippen molar-refractivity contribution in [2.45, 2.75) is 6.54 Å². The summed E-state index contributed by atoms with van der Waals surface area (Å²) in [5, 5.41) is 0.